The summed E-state index contributed by atoms with van der Waals surface area (Å²) < 4.78 is 6.29. The maximum absolute atomic E-state index is 5.33. The van der Waals surface area contributed by atoms with E-state index in [-0.39, 0.29) is 6.04 Å². The Bertz CT molecular complexity index is 593. The van der Waals surface area contributed by atoms with Crippen LogP contribution in [0.2, 0.25) is 0 Å². The molecule has 3 heteroatoms. The first-order valence-electron chi connectivity index (χ1n) is 7.21. The van der Waals surface area contributed by atoms with Crippen molar-refractivity contribution in [2.75, 3.05) is 12.4 Å². The van der Waals surface area contributed by atoms with Crippen LogP contribution in [0.1, 0.15) is 43.9 Å². The third-order valence-electron chi connectivity index (χ3n) is 3.64. The summed E-state index contributed by atoms with van der Waals surface area (Å²) in [6.45, 7) is 6.59. The lowest BCUT2D eigenvalue weighted by Crippen LogP contribution is -2.07. The summed E-state index contributed by atoms with van der Waals surface area (Å²) in [5, 5.41) is 3.51. The highest BCUT2D eigenvalue weighted by Crippen LogP contribution is 2.30. The molecule has 0 heterocycles. The molecule has 0 aromatic heterocycles. The second kappa shape index (κ2) is 6.99. The van der Waals surface area contributed by atoms with Crippen molar-refractivity contribution in [1.82, 2.24) is 0 Å². The Morgan fingerprint density at radius 2 is 1.57 bits per heavy atom. The van der Waals surface area contributed by atoms with Gasteiger partial charge in [-0.3, -0.25) is 0 Å². The van der Waals surface area contributed by atoms with Gasteiger partial charge in [0.25, 0.3) is 0 Å². The quantitative estimate of drug-likeness (QED) is 0.742. The monoisotopic (exact) mass is 347 g/mol. The third-order valence-corrected chi connectivity index (χ3v) is 4.29. The molecule has 0 aliphatic carbocycles. The Kier molecular flexibility index (Phi) is 5.29. The molecule has 2 rings (SSSR count). The van der Waals surface area contributed by atoms with Crippen LogP contribution < -0.4 is 10.1 Å². The van der Waals surface area contributed by atoms with Gasteiger partial charge in [0.15, 0.2) is 0 Å². The highest BCUT2D eigenvalue weighted by molar-refractivity contribution is 9.10. The van der Waals surface area contributed by atoms with E-state index in [1.165, 1.54) is 11.1 Å². The maximum atomic E-state index is 5.33. The molecular formula is C18H22BrNO. The molecule has 0 bridgehead atoms. The average Bonchev–Trinajstić information content (AvgIpc) is 2.49. The van der Waals surface area contributed by atoms with Gasteiger partial charge in [0.2, 0.25) is 0 Å². The fourth-order valence-corrected chi connectivity index (χ4v) is 2.66. The summed E-state index contributed by atoms with van der Waals surface area (Å²) in [5.41, 5.74) is 3.70. The average molecular weight is 348 g/mol. The van der Waals surface area contributed by atoms with E-state index in [4.69, 9.17) is 4.74 Å². The van der Waals surface area contributed by atoms with Gasteiger partial charge in [-0.05, 0) is 52.0 Å². The Morgan fingerprint density at radius 1 is 0.952 bits per heavy atom. The van der Waals surface area contributed by atoms with Crippen molar-refractivity contribution in [3.8, 4) is 5.75 Å². The highest BCUT2D eigenvalue weighted by atomic mass is 79.9. The molecule has 1 atom stereocenters. The summed E-state index contributed by atoms with van der Waals surface area (Å²) in [4.78, 5) is 0. The normalized spacial score (nSPS) is 12.3. The zero-order valence-corrected chi connectivity index (χ0v) is 14.6. The number of nitrogens with one attached hydrogen (secondary N) is 1. The molecule has 0 fully saturated rings. The lowest BCUT2D eigenvalue weighted by Gasteiger charge is -2.17. The van der Waals surface area contributed by atoms with Crippen molar-refractivity contribution in [2.45, 2.75) is 32.7 Å². The molecule has 112 valence electrons. The topological polar surface area (TPSA) is 21.3 Å². The van der Waals surface area contributed by atoms with Gasteiger partial charge in [0, 0.05) is 17.8 Å². The number of halogens is 1. The molecule has 2 nitrogen and oxygen atoms in total. The predicted molar refractivity (Wildman–Crippen MR) is 93.3 cm³/mol. The molecule has 0 radical (unpaired) electrons. The van der Waals surface area contributed by atoms with Crippen LogP contribution in [0, 0.1) is 0 Å². The third kappa shape index (κ3) is 4.01. The molecule has 0 saturated carbocycles. The van der Waals surface area contributed by atoms with Crippen LogP contribution in [-0.4, -0.2) is 7.11 Å². The molecule has 0 amide bonds. The van der Waals surface area contributed by atoms with Crippen LogP contribution in [0.3, 0.4) is 0 Å². The zero-order valence-electron chi connectivity index (χ0n) is 13.0. The van der Waals surface area contributed by atoms with Gasteiger partial charge in [0.1, 0.15) is 5.75 Å². The van der Waals surface area contributed by atoms with Crippen LogP contribution in [0.4, 0.5) is 5.69 Å². The van der Waals surface area contributed by atoms with Gasteiger partial charge < -0.3 is 10.1 Å². The molecule has 0 aliphatic heterocycles. The van der Waals surface area contributed by atoms with Crippen molar-refractivity contribution in [3.05, 3.63) is 58.1 Å². The number of methoxy groups -OCH3 is 1. The molecule has 1 N–H and O–H groups in total. The molecule has 0 aliphatic rings. The first kappa shape index (κ1) is 15.9. The van der Waals surface area contributed by atoms with Gasteiger partial charge in [0.05, 0.1) is 11.6 Å². The Balaban J connectivity index is 2.12. The van der Waals surface area contributed by atoms with E-state index >= 15 is 0 Å². The van der Waals surface area contributed by atoms with Gasteiger partial charge in [-0.2, -0.15) is 0 Å². The Labute approximate surface area is 135 Å². The molecular weight excluding hydrogens is 326 g/mol. The molecule has 21 heavy (non-hydrogen) atoms. The van der Waals surface area contributed by atoms with E-state index in [1.807, 2.05) is 18.2 Å². The lowest BCUT2D eigenvalue weighted by molar-refractivity contribution is 0.412. The summed E-state index contributed by atoms with van der Waals surface area (Å²) in [6.07, 6.45) is 0. The van der Waals surface area contributed by atoms with Crippen molar-refractivity contribution >= 4 is 21.6 Å². The number of rotatable bonds is 5. The van der Waals surface area contributed by atoms with Crippen molar-refractivity contribution in [2.24, 2.45) is 0 Å². The Hall–Kier alpha value is -1.48. The second-order valence-electron chi connectivity index (χ2n) is 5.54. The van der Waals surface area contributed by atoms with Crippen LogP contribution in [0.25, 0.3) is 0 Å². The summed E-state index contributed by atoms with van der Waals surface area (Å²) in [6, 6.07) is 15.1. The molecule has 0 spiro atoms. The standard InChI is InChI=1S/C18H22BrNO/c1-12(2)14-5-7-15(8-6-14)13(3)20-16-9-10-17(19)18(11-16)21-4/h5-13,20H,1-4H3. The van der Waals surface area contributed by atoms with Gasteiger partial charge >= 0.3 is 0 Å². The van der Waals surface area contributed by atoms with E-state index < -0.39 is 0 Å². The fraction of sp³-hybridized carbons (Fsp3) is 0.333. The van der Waals surface area contributed by atoms with Crippen molar-refractivity contribution in [1.29, 1.82) is 0 Å². The summed E-state index contributed by atoms with van der Waals surface area (Å²) in [7, 11) is 1.68. The predicted octanol–water partition coefficient (Wildman–Crippen LogP) is 5.75. The van der Waals surface area contributed by atoms with E-state index in [0.717, 1.165) is 15.9 Å². The van der Waals surface area contributed by atoms with Crippen LogP contribution in [-0.2, 0) is 0 Å². The Morgan fingerprint density at radius 3 is 2.14 bits per heavy atom. The van der Waals surface area contributed by atoms with Crippen LogP contribution in [0.5, 0.6) is 5.75 Å². The summed E-state index contributed by atoms with van der Waals surface area (Å²) >= 11 is 3.47. The zero-order chi connectivity index (χ0) is 15.4. The number of hydrogen-bond acceptors (Lipinski definition) is 2. The highest BCUT2D eigenvalue weighted by Gasteiger charge is 2.08. The molecule has 1 unspecified atom stereocenters. The maximum Gasteiger partial charge on any atom is 0.135 e. The molecule has 2 aromatic carbocycles. The van der Waals surface area contributed by atoms with E-state index in [2.05, 4.69) is 66.3 Å². The van der Waals surface area contributed by atoms with Crippen molar-refractivity contribution in [3.63, 3.8) is 0 Å². The van der Waals surface area contributed by atoms with Gasteiger partial charge in [-0.25, -0.2) is 0 Å². The minimum absolute atomic E-state index is 0.247. The largest absolute Gasteiger partial charge is 0.495 e. The molecule has 0 saturated heterocycles. The summed E-state index contributed by atoms with van der Waals surface area (Å²) in [5.74, 6) is 1.40. The number of anilines is 1. The smallest absolute Gasteiger partial charge is 0.135 e. The van der Waals surface area contributed by atoms with Gasteiger partial charge in [-0.1, -0.05) is 38.1 Å². The minimum Gasteiger partial charge on any atom is -0.495 e. The van der Waals surface area contributed by atoms with Crippen molar-refractivity contribution < 1.29 is 4.74 Å². The molecule has 2 aromatic rings. The minimum atomic E-state index is 0.247. The van der Waals surface area contributed by atoms with E-state index in [9.17, 15) is 0 Å². The fourth-order valence-electron chi connectivity index (χ4n) is 2.25. The van der Waals surface area contributed by atoms with Crippen LogP contribution >= 0.6 is 15.9 Å². The number of benzene rings is 2. The van der Waals surface area contributed by atoms with E-state index in [0.29, 0.717) is 5.92 Å². The first-order valence-corrected chi connectivity index (χ1v) is 8.00. The lowest BCUT2D eigenvalue weighted by atomic mass is 9.99. The van der Waals surface area contributed by atoms with Crippen LogP contribution in [0.15, 0.2) is 46.9 Å². The van der Waals surface area contributed by atoms with Gasteiger partial charge in [-0.15, -0.1) is 0 Å². The SMILES string of the molecule is COc1cc(NC(C)c2ccc(C(C)C)cc2)ccc1Br. The van der Waals surface area contributed by atoms with E-state index in [1.54, 1.807) is 7.11 Å². The second-order valence-corrected chi connectivity index (χ2v) is 6.39. The first-order chi connectivity index (χ1) is 10.0. The number of hydrogen-bond donors (Lipinski definition) is 1. The number of ether oxygens (including phenoxy) is 1.